The van der Waals surface area contributed by atoms with Crippen LogP contribution in [0.15, 0.2) is 58.4 Å². The molecule has 2 aromatic heterocycles. The van der Waals surface area contributed by atoms with Crippen LogP contribution in [0.4, 0.5) is 10.8 Å². The highest BCUT2D eigenvalue weighted by atomic mass is 32.1. The summed E-state index contributed by atoms with van der Waals surface area (Å²) in [5.74, 6) is -3.18. The Morgan fingerprint density at radius 1 is 1.29 bits per heavy atom. The second-order valence-corrected chi connectivity index (χ2v) is 8.10. The Balaban J connectivity index is 1.85. The molecular formula is C22H17N3O8S. The van der Waals surface area contributed by atoms with Crippen molar-refractivity contribution in [1.29, 1.82) is 0 Å². The third kappa shape index (κ3) is 3.83. The molecule has 1 aromatic carbocycles. The molecule has 174 valence electrons. The lowest BCUT2D eigenvalue weighted by molar-refractivity contribution is -0.384. The van der Waals surface area contributed by atoms with Gasteiger partial charge in [0.15, 0.2) is 16.7 Å². The molecule has 1 amide bonds. The van der Waals surface area contributed by atoms with Gasteiger partial charge in [0.2, 0.25) is 5.78 Å². The van der Waals surface area contributed by atoms with Gasteiger partial charge in [0.05, 0.1) is 35.1 Å². The molecule has 3 aromatic rings. The first-order valence-electron chi connectivity index (χ1n) is 9.98. The number of hydrogen-bond acceptors (Lipinski definition) is 10. The Bertz CT molecular complexity index is 1320. The van der Waals surface area contributed by atoms with Crippen molar-refractivity contribution >= 4 is 39.8 Å². The molecule has 1 atom stereocenters. The van der Waals surface area contributed by atoms with Crippen molar-refractivity contribution in [3.05, 3.63) is 86.0 Å². The Morgan fingerprint density at radius 2 is 2.00 bits per heavy atom. The molecule has 0 fully saturated rings. The lowest BCUT2D eigenvalue weighted by Gasteiger charge is -2.24. The first kappa shape index (κ1) is 22.9. The van der Waals surface area contributed by atoms with E-state index in [0.717, 1.165) is 16.2 Å². The molecule has 1 N–H and O–H groups in total. The van der Waals surface area contributed by atoms with Crippen molar-refractivity contribution in [2.75, 3.05) is 11.5 Å². The molecule has 3 heterocycles. The van der Waals surface area contributed by atoms with Crippen molar-refractivity contribution in [1.82, 2.24) is 4.98 Å². The number of non-ortho nitro benzene ring substituents is 1. The number of ether oxygens (including phenoxy) is 1. The fourth-order valence-corrected chi connectivity index (χ4v) is 4.53. The standard InChI is InChI=1S/C22H17N3O8S/c1-3-32-21(29)19-11(2)23-22(34-19)24-16(12-6-8-13(9-7-12)25(30)31)15(18(27)20(24)28)17(26)14-5-4-10-33-14/h4-10,16,27H,3H2,1-2H3/t16-/m0/s1. The highest BCUT2D eigenvalue weighted by Gasteiger charge is 2.46. The molecule has 0 aliphatic carbocycles. The molecule has 0 bridgehead atoms. The molecule has 0 radical (unpaired) electrons. The molecule has 0 spiro atoms. The van der Waals surface area contributed by atoms with Crippen LogP contribution in [-0.4, -0.2) is 39.3 Å². The van der Waals surface area contributed by atoms with Crippen molar-refractivity contribution in [2.45, 2.75) is 19.9 Å². The molecule has 34 heavy (non-hydrogen) atoms. The number of furan rings is 1. The minimum absolute atomic E-state index is 0.0442. The summed E-state index contributed by atoms with van der Waals surface area (Å²) in [6.07, 6.45) is 1.27. The number of aryl methyl sites for hydroxylation is 1. The van der Waals surface area contributed by atoms with Gasteiger partial charge in [-0.2, -0.15) is 0 Å². The van der Waals surface area contributed by atoms with Crippen molar-refractivity contribution < 1.29 is 33.6 Å². The number of thiazole rings is 1. The summed E-state index contributed by atoms with van der Waals surface area (Å²) >= 11 is 0.867. The quantitative estimate of drug-likeness (QED) is 0.228. The predicted molar refractivity (Wildman–Crippen MR) is 119 cm³/mol. The fourth-order valence-electron chi connectivity index (χ4n) is 3.54. The van der Waals surface area contributed by atoms with Crippen LogP contribution in [0.1, 0.15) is 44.4 Å². The van der Waals surface area contributed by atoms with Crippen LogP contribution >= 0.6 is 11.3 Å². The third-order valence-corrected chi connectivity index (χ3v) is 6.21. The van der Waals surface area contributed by atoms with Gasteiger partial charge in [-0.25, -0.2) is 9.78 Å². The van der Waals surface area contributed by atoms with E-state index in [1.807, 2.05) is 0 Å². The Kier molecular flexibility index (Phi) is 5.99. The second kappa shape index (κ2) is 8.90. The lowest BCUT2D eigenvalue weighted by Crippen LogP contribution is -2.31. The maximum atomic E-state index is 13.2. The van der Waals surface area contributed by atoms with Gasteiger partial charge >= 0.3 is 5.97 Å². The summed E-state index contributed by atoms with van der Waals surface area (Å²) in [7, 11) is 0. The third-order valence-electron chi connectivity index (χ3n) is 5.07. The molecule has 1 aliphatic heterocycles. The number of hydrogen-bond donors (Lipinski definition) is 1. The van der Waals surface area contributed by atoms with E-state index in [1.165, 1.54) is 42.7 Å². The molecule has 4 rings (SSSR count). The van der Waals surface area contributed by atoms with Gasteiger partial charge < -0.3 is 14.3 Å². The van der Waals surface area contributed by atoms with E-state index in [1.54, 1.807) is 13.8 Å². The van der Waals surface area contributed by atoms with Crippen LogP contribution in [0.5, 0.6) is 0 Å². The maximum absolute atomic E-state index is 13.2. The van der Waals surface area contributed by atoms with E-state index < -0.39 is 34.4 Å². The van der Waals surface area contributed by atoms with Crippen molar-refractivity contribution in [3.63, 3.8) is 0 Å². The number of aromatic nitrogens is 1. The van der Waals surface area contributed by atoms with E-state index in [9.17, 15) is 29.6 Å². The fraction of sp³-hybridized carbons (Fsp3) is 0.182. The second-order valence-electron chi connectivity index (χ2n) is 7.13. The normalized spacial score (nSPS) is 15.6. The number of amides is 1. The summed E-state index contributed by atoms with van der Waals surface area (Å²) in [5.41, 5.74) is 0.142. The number of esters is 1. The number of nitro groups is 1. The topological polar surface area (TPSA) is 153 Å². The monoisotopic (exact) mass is 483 g/mol. The summed E-state index contributed by atoms with van der Waals surface area (Å²) in [4.78, 5) is 54.6. The number of carbonyl (C=O) groups is 3. The molecule has 12 heteroatoms. The number of benzene rings is 1. The van der Waals surface area contributed by atoms with Gasteiger partial charge in [0.25, 0.3) is 11.6 Å². The summed E-state index contributed by atoms with van der Waals surface area (Å²) in [5, 5.41) is 21.8. The smallest absolute Gasteiger partial charge is 0.350 e. The average Bonchev–Trinajstić information content (AvgIpc) is 3.53. The Morgan fingerprint density at radius 3 is 2.59 bits per heavy atom. The largest absolute Gasteiger partial charge is 0.503 e. The van der Waals surface area contributed by atoms with Crippen LogP contribution in [0.2, 0.25) is 0 Å². The van der Waals surface area contributed by atoms with Crippen molar-refractivity contribution in [2.24, 2.45) is 0 Å². The lowest BCUT2D eigenvalue weighted by atomic mass is 9.95. The number of aliphatic hydroxyl groups is 1. The number of aliphatic hydroxyl groups excluding tert-OH is 1. The average molecular weight is 483 g/mol. The first-order valence-corrected chi connectivity index (χ1v) is 10.8. The van der Waals surface area contributed by atoms with Gasteiger partial charge in [-0.15, -0.1) is 0 Å². The predicted octanol–water partition coefficient (Wildman–Crippen LogP) is 3.91. The maximum Gasteiger partial charge on any atom is 0.350 e. The minimum Gasteiger partial charge on any atom is -0.503 e. The van der Waals surface area contributed by atoms with Crippen LogP contribution in [-0.2, 0) is 9.53 Å². The van der Waals surface area contributed by atoms with E-state index >= 15 is 0 Å². The molecule has 0 unspecified atom stereocenters. The number of nitrogens with zero attached hydrogens (tertiary/aromatic N) is 3. The SMILES string of the molecule is CCOC(=O)c1sc(N2C(=O)C(O)=C(C(=O)c3ccco3)[C@@H]2c2ccc([N+](=O)[O-])cc2)nc1C. The number of nitro benzene ring substituents is 1. The van der Waals surface area contributed by atoms with Crippen LogP contribution in [0.25, 0.3) is 0 Å². The first-order chi connectivity index (χ1) is 16.2. The molecule has 0 saturated carbocycles. The van der Waals surface area contributed by atoms with E-state index in [0.29, 0.717) is 11.3 Å². The van der Waals surface area contributed by atoms with Crippen LogP contribution in [0, 0.1) is 17.0 Å². The van der Waals surface area contributed by atoms with E-state index in [-0.39, 0.29) is 33.6 Å². The number of carbonyl (C=O) groups excluding carboxylic acids is 3. The van der Waals surface area contributed by atoms with Gasteiger partial charge in [-0.3, -0.25) is 24.6 Å². The molecule has 11 nitrogen and oxygen atoms in total. The summed E-state index contributed by atoms with van der Waals surface area (Å²) in [6, 6.07) is 6.89. The number of anilines is 1. The number of ketones is 1. The summed E-state index contributed by atoms with van der Waals surface area (Å²) in [6.45, 7) is 3.36. The zero-order chi connectivity index (χ0) is 24.6. The van der Waals surface area contributed by atoms with E-state index in [4.69, 9.17) is 9.15 Å². The van der Waals surface area contributed by atoms with Crippen molar-refractivity contribution in [3.8, 4) is 0 Å². The van der Waals surface area contributed by atoms with Crippen LogP contribution < -0.4 is 4.90 Å². The Labute approximate surface area is 196 Å². The molecular weight excluding hydrogens is 466 g/mol. The molecule has 1 aliphatic rings. The zero-order valence-electron chi connectivity index (χ0n) is 17.9. The minimum atomic E-state index is -1.17. The highest BCUT2D eigenvalue weighted by Crippen LogP contribution is 2.44. The van der Waals surface area contributed by atoms with Crippen LogP contribution in [0.3, 0.4) is 0 Å². The summed E-state index contributed by atoms with van der Waals surface area (Å²) < 4.78 is 10.2. The zero-order valence-corrected chi connectivity index (χ0v) is 18.7. The van der Waals surface area contributed by atoms with E-state index in [2.05, 4.69) is 4.98 Å². The van der Waals surface area contributed by atoms with Gasteiger partial charge in [-0.1, -0.05) is 11.3 Å². The van der Waals surface area contributed by atoms with Gasteiger partial charge in [0.1, 0.15) is 4.88 Å². The number of Topliss-reactive ketones (excluding diaryl/α,β-unsaturated/α-hetero) is 1. The Hall–Kier alpha value is -4.32. The van der Waals surface area contributed by atoms with Gasteiger partial charge in [-0.05, 0) is 43.7 Å². The molecule has 0 saturated heterocycles. The van der Waals surface area contributed by atoms with Gasteiger partial charge in [0, 0.05) is 12.1 Å². The number of rotatable bonds is 7. The highest BCUT2D eigenvalue weighted by molar-refractivity contribution is 7.17.